The summed E-state index contributed by atoms with van der Waals surface area (Å²) in [6.45, 7) is 4.23. The summed E-state index contributed by atoms with van der Waals surface area (Å²) in [4.78, 5) is 31.1. The molecule has 1 amide bonds. The third kappa shape index (κ3) is 5.04. The van der Waals surface area contributed by atoms with E-state index in [1.807, 2.05) is 31.2 Å². The minimum atomic E-state index is -1.26. The Morgan fingerprint density at radius 2 is 1.87 bits per heavy atom. The van der Waals surface area contributed by atoms with Gasteiger partial charge in [0.05, 0.1) is 29.2 Å². The van der Waals surface area contributed by atoms with Gasteiger partial charge in [-0.15, -0.1) is 0 Å². The number of amides is 1. The van der Waals surface area contributed by atoms with Gasteiger partial charge in [0, 0.05) is 18.7 Å². The second-order valence-corrected chi connectivity index (χ2v) is 8.64. The van der Waals surface area contributed by atoms with Gasteiger partial charge in [0.15, 0.2) is 4.84 Å². The van der Waals surface area contributed by atoms with E-state index in [4.69, 9.17) is 44.5 Å². The normalized spacial score (nSPS) is 12.4. The lowest BCUT2D eigenvalue weighted by molar-refractivity contribution is -0.132. The van der Waals surface area contributed by atoms with Crippen LogP contribution in [-0.2, 0) is 9.53 Å². The Hall–Kier alpha value is -2.12. The molecule has 164 valence electrons. The van der Waals surface area contributed by atoms with E-state index in [9.17, 15) is 9.59 Å². The summed E-state index contributed by atoms with van der Waals surface area (Å²) in [7, 11) is 1.53. The zero-order valence-electron chi connectivity index (χ0n) is 17.3. The van der Waals surface area contributed by atoms with Crippen molar-refractivity contribution in [3.8, 4) is 5.69 Å². The molecule has 0 radical (unpaired) electrons. The van der Waals surface area contributed by atoms with E-state index in [0.717, 1.165) is 5.56 Å². The number of hydrogen-bond acceptors (Lipinski definition) is 4. The smallest absolute Gasteiger partial charge is 0.266 e. The highest BCUT2D eigenvalue weighted by Crippen LogP contribution is 2.26. The molecule has 2 aromatic carbocycles. The number of ether oxygens (including phenoxy) is 1. The molecule has 0 aliphatic carbocycles. The molecule has 1 heterocycles. The lowest BCUT2D eigenvalue weighted by Gasteiger charge is -2.30. The van der Waals surface area contributed by atoms with Crippen LogP contribution in [0.4, 0.5) is 0 Å². The van der Waals surface area contributed by atoms with Crippen molar-refractivity contribution in [2.45, 2.75) is 24.7 Å². The summed E-state index contributed by atoms with van der Waals surface area (Å²) in [5.41, 5.74) is 1.86. The van der Waals surface area contributed by atoms with Gasteiger partial charge >= 0.3 is 0 Å². The van der Waals surface area contributed by atoms with E-state index in [2.05, 4.69) is 0 Å². The van der Waals surface area contributed by atoms with E-state index >= 15 is 0 Å². The molecular formula is C22H22Cl3N3O3. The molecule has 9 heteroatoms. The number of nitrogens with zero attached hydrogens (tertiary/aromatic N) is 3. The van der Waals surface area contributed by atoms with Gasteiger partial charge in [-0.25, -0.2) is 4.98 Å². The van der Waals surface area contributed by atoms with Crippen molar-refractivity contribution in [2.75, 3.05) is 20.3 Å². The van der Waals surface area contributed by atoms with Gasteiger partial charge in [0.1, 0.15) is 5.82 Å². The summed E-state index contributed by atoms with van der Waals surface area (Å²) >= 11 is 17.9. The van der Waals surface area contributed by atoms with Gasteiger partial charge in [-0.2, -0.15) is 0 Å². The minimum Gasteiger partial charge on any atom is -0.383 e. The zero-order valence-corrected chi connectivity index (χ0v) is 19.6. The van der Waals surface area contributed by atoms with Gasteiger partial charge < -0.3 is 9.64 Å². The fourth-order valence-electron chi connectivity index (χ4n) is 3.35. The van der Waals surface area contributed by atoms with Crippen LogP contribution < -0.4 is 5.56 Å². The van der Waals surface area contributed by atoms with Crippen LogP contribution in [-0.4, -0.2) is 45.5 Å². The van der Waals surface area contributed by atoms with Crippen molar-refractivity contribution < 1.29 is 9.53 Å². The monoisotopic (exact) mass is 481 g/mol. The molecule has 31 heavy (non-hydrogen) atoms. The molecule has 1 atom stereocenters. The van der Waals surface area contributed by atoms with Crippen molar-refractivity contribution in [3.05, 3.63) is 69.2 Å². The van der Waals surface area contributed by atoms with Crippen LogP contribution in [0.3, 0.4) is 0 Å². The molecule has 0 saturated heterocycles. The molecule has 0 N–H and O–H groups in total. The topological polar surface area (TPSA) is 64.4 Å². The first-order chi connectivity index (χ1) is 14.7. The SMILES string of the molecule is COCCN(C(=O)C(Cl)Cl)C(C)c1nc2cc(Cl)ccc2c(=O)n1-c1ccc(C)cc1. The second-order valence-electron chi connectivity index (χ2n) is 7.11. The number of halogens is 3. The quantitative estimate of drug-likeness (QED) is 0.458. The van der Waals surface area contributed by atoms with Crippen LogP contribution in [0.2, 0.25) is 5.02 Å². The average molecular weight is 483 g/mol. The highest BCUT2D eigenvalue weighted by atomic mass is 35.5. The van der Waals surface area contributed by atoms with E-state index in [-0.39, 0.29) is 18.7 Å². The number of benzene rings is 2. The van der Waals surface area contributed by atoms with Crippen LogP contribution in [0.5, 0.6) is 0 Å². The number of fused-ring (bicyclic) bond motifs is 1. The molecule has 0 aliphatic heterocycles. The van der Waals surface area contributed by atoms with Gasteiger partial charge in [-0.3, -0.25) is 14.2 Å². The van der Waals surface area contributed by atoms with Crippen molar-refractivity contribution in [1.82, 2.24) is 14.5 Å². The summed E-state index contributed by atoms with van der Waals surface area (Å²) in [6.07, 6.45) is 0. The summed E-state index contributed by atoms with van der Waals surface area (Å²) in [5, 5.41) is 0.878. The third-order valence-corrected chi connectivity index (χ3v) is 5.61. The molecule has 0 fully saturated rings. The molecule has 3 rings (SSSR count). The summed E-state index contributed by atoms with van der Waals surface area (Å²) < 4.78 is 6.64. The van der Waals surface area contributed by atoms with Crippen molar-refractivity contribution in [3.63, 3.8) is 0 Å². The van der Waals surface area contributed by atoms with E-state index in [1.165, 1.54) is 16.6 Å². The fraction of sp³-hybridized carbons (Fsp3) is 0.318. The van der Waals surface area contributed by atoms with Crippen LogP contribution >= 0.6 is 34.8 Å². The van der Waals surface area contributed by atoms with Crippen LogP contribution in [0.25, 0.3) is 16.6 Å². The standard InChI is InChI=1S/C22H22Cl3N3O3/c1-13-4-7-16(8-5-13)28-20(14(2)27(10-11-31-3)22(30)19(24)25)26-18-12-15(23)6-9-17(18)21(28)29/h4-9,12,14,19H,10-11H2,1-3H3. The van der Waals surface area contributed by atoms with Crippen molar-refractivity contribution in [2.24, 2.45) is 0 Å². The Morgan fingerprint density at radius 3 is 2.48 bits per heavy atom. The Kier molecular flexibility index (Phi) is 7.59. The van der Waals surface area contributed by atoms with Crippen LogP contribution in [0, 0.1) is 6.92 Å². The number of carbonyl (C=O) groups excluding carboxylic acids is 1. The minimum absolute atomic E-state index is 0.226. The van der Waals surface area contributed by atoms with Gasteiger partial charge in [0.2, 0.25) is 0 Å². The first-order valence-electron chi connectivity index (χ1n) is 9.61. The number of hydrogen-bond donors (Lipinski definition) is 0. The Balaban J connectivity index is 2.27. The first-order valence-corrected chi connectivity index (χ1v) is 10.9. The Labute approximate surface area is 195 Å². The van der Waals surface area contributed by atoms with Gasteiger partial charge in [-0.1, -0.05) is 52.5 Å². The molecule has 1 unspecified atom stereocenters. The second kappa shape index (κ2) is 10.0. The molecule has 0 saturated carbocycles. The lowest BCUT2D eigenvalue weighted by Crippen LogP contribution is -2.41. The molecular weight excluding hydrogens is 461 g/mol. The Morgan fingerprint density at radius 1 is 1.19 bits per heavy atom. The summed E-state index contributed by atoms with van der Waals surface area (Å²) in [5.74, 6) is -0.133. The maximum Gasteiger partial charge on any atom is 0.266 e. The van der Waals surface area contributed by atoms with Gasteiger partial charge in [-0.05, 0) is 44.2 Å². The third-order valence-electron chi connectivity index (χ3n) is 5.00. The summed E-state index contributed by atoms with van der Waals surface area (Å²) in [6, 6.07) is 11.8. The predicted molar refractivity (Wildman–Crippen MR) is 125 cm³/mol. The zero-order chi connectivity index (χ0) is 22.7. The van der Waals surface area contributed by atoms with E-state index < -0.39 is 16.8 Å². The van der Waals surface area contributed by atoms with Crippen LogP contribution in [0.1, 0.15) is 24.4 Å². The maximum absolute atomic E-state index is 13.5. The van der Waals surface area contributed by atoms with Crippen molar-refractivity contribution in [1.29, 1.82) is 0 Å². The number of aryl methyl sites for hydroxylation is 1. The van der Waals surface area contributed by atoms with Crippen LogP contribution in [0.15, 0.2) is 47.3 Å². The molecule has 1 aromatic heterocycles. The predicted octanol–water partition coefficient (Wildman–Crippen LogP) is 4.69. The fourth-order valence-corrected chi connectivity index (χ4v) is 3.77. The van der Waals surface area contributed by atoms with E-state index in [0.29, 0.717) is 27.4 Å². The highest BCUT2D eigenvalue weighted by molar-refractivity contribution is 6.53. The largest absolute Gasteiger partial charge is 0.383 e. The van der Waals surface area contributed by atoms with Crippen molar-refractivity contribution >= 4 is 51.6 Å². The molecule has 3 aromatic rings. The highest BCUT2D eigenvalue weighted by Gasteiger charge is 2.29. The number of carbonyl (C=O) groups is 1. The first kappa shape index (κ1) is 23.5. The molecule has 0 spiro atoms. The number of alkyl halides is 2. The molecule has 0 bridgehead atoms. The average Bonchev–Trinajstić information content (AvgIpc) is 2.74. The Bertz CT molecular complexity index is 1150. The lowest BCUT2D eigenvalue weighted by atomic mass is 10.1. The van der Waals surface area contributed by atoms with Gasteiger partial charge in [0.25, 0.3) is 11.5 Å². The molecule has 0 aliphatic rings. The number of aromatic nitrogens is 2. The molecule has 6 nitrogen and oxygen atoms in total. The number of rotatable bonds is 7. The maximum atomic E-state index is 13.5. The number of methoxy groups -OCH3 is 1. The van der Waals surface area contributed by atoms with E-state index in [1.54, 1.807) is 25.1 Å².